The fraction of sp³-hybridized carbons (Fsp3) is 0.357. The molecule has 0 aromatic heterocycles. The van der Waals surface area contributed by atoms with Gasteiger partial charge in [0.25, 0.3) is 0 Å². The van der Waals surface area contributed by atoms with Gasteiger partial charge < -0.3 is 10.2 Å². The van der Waals surface area contributed by atoms with Crippen molar-refractivity contribution in [3.8, 4) is 11.5 Å². The summed E-state index contributed by atoms with van der Waals surface area (Å²) >= 11 is 0. The minimum Gasteiger partial charge on any atom is -0.508 e. The maximum Gasteiger partial charge on any atom is 0.119 e. The summed E-state index contributed by atoms with van der Waals surface area (Å²) in [5.74, 6) is 0.825. The van der Waals surface area contributed by atoms with E-state index in [2.05, 4.69) is 137 Å². The van der Waals surface area contributed by atoms with Crippen LogP contribution >= 0.6 is 0 Å². The van der Waals surface area contributed by atoms with E-state index in [1.165, 1.54) is 107 Å². The first-order chi connectivity index (χ1) is 28.4. The number of aromatic hydroxyl groups is 2. The van der Waals surface area contributed by atoms with Crippen molar-refractivity contribution in [2.45, 2.75) is 130 Å². The van der Waals surface area contributed by atoms with Gasteiger partial charge in [-0.15, -0.1) is 0 Å². The molecule has 2 N–H and O–H groups in total. The molecular weight excluding hydrogens is 705 g/mol. The quantitative estimate of drug-likeness (QED) is 0.0759. The second-order valence-electron chi connectivity index (χ2n) is 15.9. The van der Waals surface area contributed by atoms with Crippen molar-refractivity contribution in [2.75, 3.05) is 0 Å². The lowest BCUT2D eigenvalue weighted by Crippen LogP contribution is -2.03. The Balaban J connectivity index is 0.000000229. The molecule has 0 unspecified atom stereocenters. The monoisotopic (exact) mass is 773 g/mol. The zero-order valence-electron chi connectivity index (χ0n) is 35.9. The van der Waals surface area contributed by atoms with E-state index in [0.717, 1.165) is 62.5 Å². The largest absolute Gasteiger partial charge is 0.508 e. The molecule has 0 aliphatic heterocycles. The van der Waals surface area contributed by atoms with E-state index in [1.807, 2.05) is 18.2 Å². The van der Waals surface area contributed by atoms with Crippen LogP contribution in [0.25, 0.3) is 0 Å². The molecule has 0 atom stereocenters. The summed E-state index contributed by atoms with van der Waals surface area (Å²) in [6, 6.07) is 46.8. The average molecular weight is 773 g/mol. The van der Waals surface area contributed by atoms with Crippen LogP contribution in [0, 0.1) is 0 Å². The van der Waals surface area contributed by atoms with Gasteiger partial charge in [0.2, 0.25) is 0 Å². The summed E-state index contributed by atoms with van der Waals surface area (Å²) in [5.41, 5.74) is 15.6. The van der Waals surface area contributed by atoms with Crippen LogP contribution in [0.15, 0.2) is 133 Å². The molecule has 0 amide bonds. The summed E-state index contributed by atoms with van der Waals surface area (Å²) < 4.78 is 0. The van der Waals surface area contributed by atoms with Crippen molar-refractivity contribution in [2.24, 2.45) is 0 Å². The van der Waals surface area contributed by atoms with Crippen LogP contribution in [-0.4, -0.2) is 10.2 Å². The minimum atomic E-state index is 0.400. The Morgan fingerprint density at radius 2 is 0.603 bits per heavy atom. The van der Waals surface area contributed by atoms with E-state index >= 15 is 0 Å². The SMILES string of the molecule is CCCCCCc1ccccc1Cc1cccc(O)c1Cc1ccccc1CCCCCC.CCc1ccccc1Cc1cccc(O)c1Cc1ccccc1CC. The van der Waals surface area contributed by atoms with Crippen LogP contribution in [0.5, 0.6) is 11.5 Å². The Morgan fingerprint density at radius 3 is 0.983 bits per heavy atom. The van der Waals surface area contributed by atoms with E-state index in [0.29, 0.717) is 11.5 Å². The molecule has 0 heterocycles. The summed E-state index contributed by atoms with van der Waals surface area (Å²) in [7, 11) is 0. The molecular formula is C56H68O2. The predicted molar refractivity (Wildman–Crippen MR) is 248 cm³/mol. The summed E-state index contributed by atoms with van der Waals surface area (Å²) in [4.78, 5) is 0. The molecule has 0 aliphatic rings. The van der Waals surface area contributed by atoms with Crippen molar-refractivity contribution in [3.63, 3.8) is 0 Å². The first kappa shape index (κ1) is 44.0. The van der Waals surface area contributed by atoms with E-state index in [4.69, 9.17) is 0 Å². The van der Waals surface area contributed by atoms with E-state index in [1.54, 1.807) is 6.07 Å². The van der Waals surface area contributed by atoms with Gasteiger partial charge in [0.15, 0.2) is 0 Å². The van der Waals surface area contributed by atoms with E-state index < -0.39 is 0 Å². The smallest absolute Gasteiger partial charge is 0.119 e. The van der Waals surface area contributed by atoms with E-state index in [-0.39, 0.29) is 0 Å². The molecule has 2 nitrogen and oxygen atoms in total. The molecule has 6 rings (SSSR count). The highest BCUT2D eigenvalue weighted by atomic mass is 16.3. The number of phenolic OH excluding ortho intramolecular Hbond substituents is 2. The highest BCUT2D eigenvalue weighted by molar-refractivity contribution is 5.48. The Kier molecular flexibility index (Phi) is 18.2. The normalized spacial score (nSPS) is 11.0. The number of unbranched alkanes of at least 4 members (excludes halogenated alkanes) is 6. The third-order valence-electron chi connectivity index (χ3n) is 11.8. The number of aryl methyl sites for hydroxylation is 4. The molecule has 0 aliphatic carbocycles. The highest BCUT2D eigenvalue weighted by Gasteiger charge is 2.15. The van der Waals surface area contributed by atoms with Crippen molar-refractivity contribution >= 4 is 0 Å². The van der Waals surface area contributed by atoms with Crippen molar-refractivity contribution in [3.05, 3.63) is 200 Å². The van der Waals surface area contributed by atoms with Crippen molar-refractivity contribution < 1.29 is 10.2 Å². The zero-order valence-corrected chi connectivity index (χ0v) is 35.9. The van der Waals surface area contributed by atoms with Gasteiger partial charge >= 0.3 is 0 Å². The Hall–Kier alpha value is -5.08. The van der Waals surface area contributed by atoms with Crippen LogP contribution in [0.3, 0.4) is 0 Å². The topological polar surface area (TPSA) is 40.5 Å². The Labute approximate surface area is 351 Å². The molecule has 0 radical (unpaired) electrons. The maximum atomic E-state index is 10.8. The molecule has 0 bridgehead atoms. The molecule has 2 heteroatoms. The lowest BCUT2D eigenvalue weighted by Gasteiger charge is -2.16. The van der Waals surface area contributed by atoms with Gasteiger partial charge in [-0.05, 0) is 119 Å². The first-order valence-electron chi connectivity index (χ1n) is 22.3. The van der Waals surface area contributed by atoms with Gasteiger partial charge in [0.05, 0.1) is 0 Å². The maximum absolute atomic E-state index is 10.8. The lowest BCUT2D eigenvalue weighted by molar-refractivity contribution is 0.468. The van der Waals surface area contributed by atoms with Gasteiger partial charge in [-0.3, -0.25) is 0 Å². The third-order valence-corrected chi connectivity index (χ3v) is 11.8. The van der Waals surface area contributed by atoms with Crippen LogP contribution in [0.2, 0.25) is 0 Å². The average Bonchev–Trinajstić information content (AvgIpc) is 3.25. The predicted octanol–water partition coefficient (Wildman–Crippen LogP) is 14.5. The van der Waals surface area contributed by atoms with Crippen LogP contribution < -0.4 is 0 Å². The number of hydrogen-bond donors (Lipinski definition) is 2. The zero-order chi connectivity index (χ0) is 41.0. The molecule has 0 fully saturated rings. The number of benzene rings is 6. The molecule has 0 saturated heterocycles. The minimum absolute atomic E-state index is 0.400. The first-order valence-corrected chi connectivity index (χ1v) is 22.3. The van der Waals surface area contributed by atoms with Crippen LogP contribution in [0.1, 0.15) is 146 Å². The number of hydrogen-bond acceptors (Lipinski definition) is 2. The third kappa shape index (κ3) is 13.0. The standard InChI is InChI=1S/C32H42O.C24H26O/c1-3-5-7-9-16-26-18-11-13-20-28(26)24-30-22-15-23-32(33)31(30)25-29-21-14-12-19-27(29)17-10-8-6-4-2;1-3-18-10-5-7-12-20(18)16-22-14-9-15-24(25)23(22)17-21-13-8-6-11-19(21)4-2/h11-15,18-23,33H,3-10,16-17,24-25H2,1-2H3;5-15,25H,3-4,16-17H2,1-2H3. The van der Waals surface area contributed by atoms with Crippen LogP contribution in [0.4, 0.5) is 0 Å². The molecule has 58 heavy (non-hydrogen) atoms. The second kappa shape index (κ2) is 24.0. The number of phenols is 2. The Morgan fingerprint density at radius 1 is 0.293 bits per heavy atom. The molecule has 0 saturated carbocycles. The lowest BCUT2D eigenvalue weighted by atomic mass is 9.89. The van der Waals surface area contributed by atoms with Crippen molar-refractivity contribution in [1.82, 2.24) is 0 Å². The van der Waals surface area contributed by atoms with Crippen LogP contribution in [-0.2, 0) is 51.4 Å². The van der Waals surface area contributed by atoms with Gasteiger partial charge in [0.1, 0.15) is 11.5 Å². The van der Waals surface area contributed by atoms with E-state index in [9.17, 15) is 10.2 Å². The molecule has 6 aromatic carbocycles. The van der Waals surface area contributed by atoms with Gasteiger partial charge in [-0.2, -0.15) is 0 Å². The molecule has 6 aromatic rings. The fourth-order valence-corrected chi connectivity index (χ4v) is 8.35. The summed E-state index contributed by atoms with van der Waals surface area (Å²) in [6.07, 6.45) is 17.9. The van der Waals surface area contributed by atoms with Crippen molar-refractivity contribution in [1.29, 1.82) is 0 Å². The molecule has 304 valence electrons. The van der Waals surface area contributed by atoms with Gasteiger partial charge in [0, 0.05) is 24.0 Å². The second-order valence-corrected chi connectivity index (χ2v) is 15.9. The highest BCUT2D eigenvalue weighted by Crippen LogP contribution is 2.30. The summed E-state index contributed by atoms with van der Waals surface area (Å²) in [6.45, 7) is 8.90. The summed E-state index contributed by atoms with van der Waals surface area (Å²) in [5, 5.41) is 21.4. The fourth-order valence-electron chi connectivity index (χ4n) is 8.35. The molecule has 0 spiro atoms. The van der Waals surface area contributed by atoms with Gasteiger partial charge in [-0.1, -0.05) is 188 Å². The number of rotatable bonds is 20. The van der Waals surface area contributed by atoms with Gasteiger partial charge in [-0.25, -0.2) is 0 Å². The Bertz CT molecular complexity index is 2120.